The van der Waals surface area contributed by atoms with Gasteiger partial charge in [-0.1, -0.05) is 39.3 Å². The summed E-state index contributed by atoms with van der Waals surface area (Å²) in [4.78, 5) is 23.6. The maximum atomic E-state index is 13.9. The van der Waals surface area contributed by atoms with Crippen LogP contribution in [-0.2, 0) is 17.6 Å². The molecule has 0 aliphatic carbocycles. The van der Waals surface area contributed by atoms with E-state index in [9.17, 15) is 14.0 Å². The first kappa shape index (κ1) is 16.5. The Morgan fingerprint density at radius 2 is 1.75 bits per heavy atom. The van der Waals surface area contributed by atoms with Crippen molar-refractivity contribution in [3.05, 3.63) is 34.9 Å². The highest BCUT2D eigenvalue weighted by Crippen LogP contribution is 2.17. The average Bonchev–Trinajstić information content (AvgIpc) is 2.50. The Morgan fingerprint density at radius 1 is 1.10 bits per heavy atom. The molecule has 1 aromatic carbocycles. The molecule has 0 aromatic heterocycles. The fourth-order valence-corrected chi connectivity index (χ4v) is 2.22. The van der Waals surface area contributed by atoms with E-state index < -0.39 is 17.7 Å². The molecule has 0 heterocycles. The van der Waals surface area contributed by atoms with E-state index in [2.05, 4.69) is 0 Å². The minimum atomic E-state index is -2.02. The molecule has 3 heteroatoms. The molecule has 0 saturated heterocycles. The van der Waals surface area contributed by atoms with E-state index >= 15 is 0 Å². The monoisotopic (exact) mass is 278 g/mol. The second-order valence-electron chi connectivity index (χ2n) is 4.99. The maximum absolute atomic E-state index is 13.9. The number of halogens is 1. The zero-order valence-corrected chi connectivity index (χ0v) is 12.5. The Morgan fingerprint density at radius 3 is 2.30 bits per heavy atom. The van der Waals surface area contributed by atoms with Gasteiger partial charge in [0.15, 0.2) is 5.78 Å². The molecule has 0 bridgehead atoms. The molecule has 20 heavy (non-hydrogen) atoms. The van der Waals surface area contributed by atoms with Crippen molar-refractivity contribution < 1.29 is 14.0 Å². The van der Waals surface area contributed by atoms with Crippen molar-refractivity contribution in [2.75, 3.05) is 0 Å². The topological polar surface area (TPSA) is 34.1 Å². The second-order valence-corrected chi connectivity index (χ2v) is 4.99. The maximum Gasteiger partial charge on any atom is 0.220 e. The van der Waals surface area contributed by atoms with E-state index in [1.807, 2.05) is 26.8 Å². The molecule has 0 spiro atoms. The van der Waals surface area contributed by atoms with Crippen LogP contribution in [0.2, 0.25) is 0 Å². The lowest BCUT2D eigenvalue weighted by Crippen LogP contribution is -2.26. The number of alkyl halides is 1. The number of hydrogen-bond acceptors (Lipinski definition) is 2. The standard InChI is InChI=1S/C17H23FO2/c1-4-7-8-15(19)16(18)17(20)14-10-9-12(5-2)13(6-3)11-14/h9-11,16H,4-8H2,1-3H3. The van der Waals surface area contributed by atoms with E-state index in [0.29, 0.717) is 12.0 Å². The normalized spacial score (nSPS) is 12.2. The third-order valence-corrected chi connectivity index (χ3v) is 3.54. The van der Waals surface area contributed by atoms with Gasteiger partial charge < -0.3 is 0 Å². The molecule has 0 aliphatic heterocycles. The highest BCUT2D eigenvalue weighted by Gasteiger charge is 2.26. The predicted molar refractivity (Wildman–Crippen MR) is 79.0 cm³/mol. The first-order chi connectivity index (χ1) is 9.54. The third kappa shape index (κ3) is 3.99. The summed E-state index contributed by atoms with van der Waals surface area (Å²) in [6.45, 7) is 5.98. The van der Waals surface area contributed by atoms with Crippen molar-refractivity contribution >= 4 is 11.6 Å². The highest BCUT2D eigenvalue weighted by atomic mass is 19.1. The van der Waals surface area contributed by atoms with Gasteiger partial charge in [0.05, 0.1) is 0 Å². The van der Waals surface area contributed by atoms with Crippen molar-refractivity contribution in [1.29, 1.82) is 0 Å². The zero-order chi connectivity index (χ0) is 15.1. The van der Waals surface area contributed by atoms with E-state index in [0.717, 1.165) is 30.4 Å². The van der Waals surface area contributed by atoms with Crippen molar-refractivity contribution in [2.45, 2.75) is 59.0 Å². The average molecular weight is 278 g/mol. The number of benzene rings is 1. The van der Waals surface area contributed by atoms with Crippen LogP contribution in [0.3, 0.4) is 0 Å². The lowest BCUT2D eigenvalue weighted by Gasteiger charge is -2.10. The molecule has 0 aliphatic rings. The van der Waals surface area contributed by atoms with Gasteiger partial charge in [0.25, 0.3) is 0 Å². The number of rotatable bonds is 8. The molecule has 110 valence electrons. The molecule has 0 saturated carbocycles. The SMILES string of the molecule is CCCCC(=O)C(F)C(=O)c1ccc(CC)c(CC)c1. The van der Waals surface area contributed by atoms with E-state index in [1.54, 1.807) is 12.1 Å². The van der Waals surface area contributed by atoms with Gasteiger partial charge in [-0.2, -0.15) is 0 Å². The van der Waals surface area contributed by atoms with E-state index in [1.165, 1.54) is 0 Å². The molecule has 1 rings (SSSR count). The molecule has 0 fully saturated rings. The van der Waals surface area contributed by atoms with Crippen LogP contribution >= 0.6 is 0 Å². The smallest absolute Gasteiger partial charge is 0.220 e. The molecule has 0 amide bonds. The molecule has 1 unspecified atom stereocenters. The van der Waals surface area contributed by atoms with Gasteiger partial charge in [0.1, 0.15) is 0 Å². The lowest BCUT2D eigenvalue weighted by atomic mass is 9.95. The number of hydrogen-bond donors (Lipinski definition) is 0. The third-order valence-electron chi connectivity index (χ3n) is 3.54. The minimum Gasteiger partial charge on any atom is -0.296 e. The minimum absolute atomic E-state index is 0.136. The summed E-state index contributed by atoms with van der Waals surface area (Å²) < 4.78 is 13.9. The van der Waals surface area contributed by atoms with Crippen LogP contribution in [-0.4, -0.2) is 17.7 Å². The van der Waals surface area contributed by atoms with Crippen LogP contribution in [0, 0.1) is 0 Å². The summed E-state index contributed by atoms with van der Waals surface area (Å²) in [6.07, 6.45) is 1.24. The number of carbonyl (C=O) groups excluding carboxylic acids is 2. The Labute approximate surface area is 120 Å². The Kier molecular flexibility index (Phi) is 6.56. The molecule has 1 atom stereocenters. The van der Waals surface area contributed by atoms with Gasteiger partial charge in [-0.15, -0.1) is 0 Å². The summed E-state index contributed by atoms with van der Waals surface area (Å²) in [6, 6.07) is 5.20. The van der Waals surface area contributed by atoms with Gasteiger partial charge >= 0.3 is 0 Å². The summed E-state index contributed by atoms with van der Waals surface area (Å²) in [5.74, 6) is -1.31. The van der Waals surface area contributed by atoms with Gasteiger partial charge in [0, 0.05) is 12.0 Å². The Hall–Kier alpha value is -1.51. The summed E-state index contributed by atoms with van der Waals surface area (Å²) in [5.41, 5.74) is 2.51. The van der Waals surface area contributed by atoms with Gasteiger partial charge in [0.2, 0.25) is 12.0 Å². The molecule has 0 radical (unpaired) electrons. The van der Waals surface area contributed by atoms with Gasteiger partial charge in [-0.25, -0.2) is 4.39 Å². The van der Waals surface area contributed by atoms with Crippen LogP contribution < -0.4 is 0 Å². The summed E-state index contributed by atoms with van der Waals surface area (Å²) in [5, 5.41) is 0. The fourth-order valence-electron chi connectivity index (χ4n) is 2.22. The van der Waals surface area contributed by atoms with E-state index in [-0.39, 0.29) is 6.42 Å². The van der Waals surface area contributed by atoms with Crippen LogP contribution in [0.5, 0.6) is 0 Å². The molecule has 1 aromatic rings. The lowest BCUT2D eigenvalue weighted by molar-refractivity contribution is -0.122. The Balaban J connectivity index is 2.88. The van der Waals surface area contributed by atoms with Crippen LogP contribution in [0.4, 0.5) is 4.39 Å². The van der Waals surface area contributed by atoms with Crippen molar-refractivity contribution in [3.63, 3.8) is 0 Å². The number of carbonyl (C=O) groups is 2. The van der Waals surface area contributed by atoms with Gasteiger partial charge in [-0.3, -0.25) is 9.59 Å². The van der Waals surface area contributed by atoms with Crippen LogP contribution in [0.1, 0.15) is 61.5 Å². The number of ketones is 2. The fraction of sp³-hybridized carbons (Fsp3) is 0.529. The largest absolute Gasteiger partial charge is 0.296 e. The molecular formula is C17H23FO2. The van der Waals surface area contributed by atoms with Crippen LogP contribution in [0.15, 0.2) is 18.2 Å². The quantitative estimate of drug-likeness (QED) is 0.530. The first-order valence-corrected chi connectivity index (χ1v) is 7.37. The molecule has 2 nitrogen and oxygen atoms in total. The van der Waals surface area contributed by atoms with E-state index in [4.69, 9.17) is 0 Å². The predicted octanol–water partition coefficient (Wildman–Crippen LogP) is 4.09. The van der Waals surface area contributed by atoms with Crippen molar-refractivity contribution in [3.8, 4) is 0 Å². The summed E-state index contributed by atoms with van der Waals surface area (Å²) in [7, 11) is 0. The highest BCUT2D eigenvalue weighted by molar-refractivity contribution is 6.13. The Bertz CT molecular complexity index is 480. The van der Waals surface area contributed by atoms with Gasteiger partial charge in [-0.05, 0) is 36.5 Å². The van der Waals surface area contributed by atoms with Crippen LogP contribution in [0.25, 0.3) is 0 Å². The molecular weight excluding hydrogens is 255 g/mol. The number of aryl methyl sites for hydroxylation is 2. The van der Waals surface area contributed by atoms with Crippen molar-refractivity contribution in [2.24, 2.45) is 0 Å². The first-order valence-electron chi connectivity index (χ1n) is 7.37. The number of unbranched alkanes of at least 4 members (excludes halogenated alkanes) is 1. The number of Topliss-reactive ketones (excluding diaryl/α,β-unsaturated/α-hetero) is 2. The molecule has 0 N–H and O–H groups in total. The zero-order valence-electron chi connectivity index (χ0n) is 12.5. The second kappa shape index (κ2) is 7.93. The van der Waals surface area contributed by atoms with Crippen molar-refractivity contribution in [1.82, 2.24) is 0 Å². The summed E-state index contributed by atoms with van der Waals surface area (Å²) >= 11 is 0.